The molecule has 1 aromatic heterocycles. The van der Waals surface area contributed by atoms with E-state index < -0.39 is 34.9 Å². The van der Waals surface area contributed by atoms with E-state index in [2.05, 4.69) is 20.5 Å². The fourth-order valence-corrected chi connectivity index (χ4v) is 5.33. The molecule has 0 saturated carbocycles. The molecule has 4 rings (SSSR count). The molecule has 2 fully saturated rings. The number of pyridine rings is 1. The van der Waals surface area contributed by atoms with Gasteiger partial charge in [-0.25, -0.2) is 8.78 Å². The molecular formula is C30H40F2N4O4. The summed E-state index contributed by atoms with van der Waals surface area (Å²) in [4.78, 5) is 31.6. The van der Waals surface area contributed by atoms with Crippen molar-refractivity contribution >= 4 is 11.8 Å². The Balaban J connectivity index is 1.28. The smallest absolute Gasteiger partial charge is 0.257 e. The zero-order valence-corrected chi connectivity index (χ0v) is 23.5. The van der Waals surface area contributed by atoms with Crippen LogP contribution < -0.4 is 15.4 Å². The lowest BCUT2D eigenvalue weighted by Crippen LogP contribution is -2.52. The third kappa shape index (κ3) is 7.21. The van der Waals surface area contributed by atoms with Crippen LogP contribution in [0.1, 0.15) is 63.2 Å². The summed E-state index contributed by atoms with van der Waals surface area (Å²) in [5.41, 5.74) is -1.57. The molecule has 0 radical (unpaired) electrons. The Bertz CT molecular complexity index is 1180. The highest BCUT2D eigenvalue weighted by Gasteiger charge is 2.41. The van der Waals surface area contributed by atoms with Gasteiger partial charge in [-0.3, -0.25) is 19.9 Å². The van der Waals surface area contributed by atoms with Crippen LogP contribution in [0.25, 0.3) is 11.3 Å². The van der Waals surface area contributed by atoms with Crippen LogP contribution in [0.4, 0.5) is 8.78 Å². The maximum Gasteiger partial charge on any atom is 0.257 e. The maximum absolute atomic E-state index is 14.9. The van der Waals surface area contributed by atoms with Gasteiger partial charge in [0.2, 0.25) is 5.91 Å². The number of β-amino-alcohol motifs (C(OH)–C–C–N with tert-alkyl or cyclic N) is 1. The molecule has 2 aromatic rings. The number of hydrogen-bond acceptors (Lipinski definition) is 7. The number of piperidine rings is 1. The number of aromatic nitrogens is 1. The van der Waals surface area contributed by atoms with E-state index in [0.717, 1.165) is 32.0 Å². The molecule has 2 aliphatic heterocycles. The van der Waals surface area contributed by atoms with Gasteiger partial charge in [-0.05, 0) is 81.9 Å². The summed E-state index contributed by atoms with van der Waals surface area (Å²) in [7, 11) is 0. The minimum absolute atomic E-state index is 0.00402. The number of rotatable bonds is 10. The van der Waals surface area contributed by atoms with Crippen molar-refractivity contribution in [1.29, 1.82) is 0 Å². The van der Waals surface area contributed by atoms with Crippen LogP contribution in [0.2, 0.25) is 0 Å². The average Bonchev–Trinajstić information content (AvgIpc) is 3.32. The SMILES string of the molecule is CCC(F)(CC)CN1CCC(COc2ccc(-c3ccc(C(=O)NC(=O)[C@]4(C)C[C@@H](O)CN4)cc3F)nc2)CC1. The zero-order chi connectivity index (χ0) is 28.9. The van der Waals surface area contributed by atoms with Crippen LogP contribution >= 0.6 is 0 Å². The Morgan fingerprint density at radius 1 is 1.23 bits per heavy atom. The third-order valence-electron chi connectivity index (χ3n) is 8.31. The standard InChI is InChI=1S/C30H40F2N4O4/c1-4-30(32,5-2)19-36-12-10-20(11-13-36)18-40-23-7-9-26(33-17-23)24-8-6-21(14-25(24)31)27(38)35-28(39)29(3)15-22(37)16-34-29/h6-9,14,17,20,22,34,37H,4-5,10-13,15-16,18-19H2,1-3H3,(H,35,38,39)/t22-,29+/m1/s1. The molecular weight excluding hydrogens is 518 g/mol. The molecule has 8 nitrogen and oxygen atoms in total. The Morgan fingerprint density at radius 2 is 1.95 bits per heavy atom. The van der Waals surface area contributed by atoms with Crippen molar-refractivity contribution in [3.63, 3.8) is 0 Å². The molecule has 0 spiro atoms. The second-order valence-corrected chi connectivity index (χ2v) is 11.3. The molecule has 3 heterocycles. The van der Waals surface area contributed by atoms with Crippen LogP contribution in [0, 0.1) is 11.7 Å². The normalized spacial score (nSPS) is 22.3. The molecule has 218 valence electrons. The van der Waals surface area contributed by atoms with E-state index in [-0.39, 0.29) is 24.1 Å². The van der Waals surface area contributed by atoms with Crippen molar-refractivity contribution in [3.8, 4) is 17.0 Å². The molecule has 0 unspecified atom stereocenters. The van der Waals surface area contributed by atoms with Gasteiger partial charge in [0.05, 0.1) is 30.1 Å². The highest BCUT2D eigenvalue weighted by Crippen LogP contribution is 2.27. The Kier molecular flexibility index (Phi) is 9.53. The van der Waals surface area contributed by atoms with Crippen molar-refractivity contribution in [1.82, 2.24) is 20.5 Å². The number of ether oxygens (including phenoxy) is 1. The summed E-state index contributed by atoms with van der Waals surface area (Å²) in [6.45, 7) is 8.42. The largest absolute Gasteiger partial charge is 0.492 e. The summed E-state index contributed by atoms with van der Waals surface area (Å²) < 4.78 is 35.6. The Morgan fingerprint density at radius 3 is 2.52 bits per heavy atom. The predicted molar refractivity (Wildman–Crippen MR) is 148 cm³/mol. The monoisotopic (exact) mass is 558 g/mol. The Labute approximate surface area is 234 Å². The lowest BCUT2D eigenvalue weighted by atomic mass is 9.94. The van der Waals surface area contributed by atoms with Gasteiger partial charge in [-0.1, -0.05) is 13.8 Å². The van der Waals surface area contributed by atoms with E-state index >= 15 is 0 Å². The molecule has 0 aliphatic carbocycles. The quantitative estimate of drug-likeness (QED) is 0.381. The van der Waals surface area contributed by atoms with Crippen molar-refractivity contribution in [3.05, 3.63) is 47.9 Å². The number of imide groups is 1. The van der Waals surface area contributed by atoms with Crippen LogP contribution in [-0.4, -0.2) is 76.9 Å². The van der Waals surface area contributed by atoms with E-state index in [1.807, 2.05) is 13.8 Å². The van der Waals surface area contributed by atoms with Crippen molar-refractivity contribution < 1.29 is 28.2 Å². The molecule has 2 amide bonds. The molecule has 40 heavy (non-hydrogen) atoms. The molecule has 0 bridgehead atoms. The van der Waals surface area contributed by atoms with Crippen molar-refractivity contribution in [2.75, 3.05) is 32.8 Å². The summed E-state index contributed by atoms with van der Waals surface area (Å²) in [6.07, 6.45) is 4.03. The lowest BCUT2D eigenvalue weighted by Gasteiger charge is -2.36. The van der Waals surface area contributed by atoms with E-state index in [4.69, 9.17) is 4.74 Å². The summed E-state index contributed by atoms with van der Waals surface area (Å²) in [5.74, 6) is -0.969. The van der Waals surface area contributed by atoms with Gasteiger partial charge in [-0.15, -0.1) is 0 Å². The van der Waals surface area contributed by atoms with Gasteiger partial charge in [0.15, 0.2) is 0 Å². The number of carbonyl (C=O) groups excluding carboxylic acids is 2. The molecule has 10 heteroatoms. The number of carbonyl (C=O) groups is 2. The first-order chi connectivity index (χ1) is 19.0. The number of aliphatic hydroxyl groups excluding tert-OH is 1. The fourth-order valence-electron chi connectivity index (χ4n) is 5.33. The molecule has 2 atom stereocenters. The van der Waals surface area contributed by atoms with Crippen LogP contribution in [-0.2, 0) is 4.79 Å². The number of nitrogens with zero attached hydrogens (tertiary/aromatic N) is 2. The van der Waals surface area contributed by atoms with Gasteiger partial charge in [-0.2, -0.15) is 0 Å². The number of amides is 2. The number of hydrogen-bond donors (Lipinski definition) is 3. The average molecular weight is 559 g/mol. The van der Waals surface area contributed by atoms with Gasteiger partial charge < -0.3 is 20.1 Å². The summed E-state index contributed by atoms with van der Waals surface area (Å²) >= 11 is 0. The highest BCUT2D eigenvalue weighted by molar-refractivity contribution is 6.07. The van der Waals surface area contributed by atoms with Gasteiger partial charge in [0, 0.05) is 30.6 Å². The molecule has 1 aromatic carbocycles. The summed E-state index contributed by atoms with van der Waals surface area (Å²) in [5, 5.41) is 14.9. The second-order valence-electron chi connectivity index (χ2n) is 11.3. The Hall–Kier alpha value is -2.95. The highest BCUT2D eigenvalue weighted by atomic mass is 19.1. The number of nitrogens with one attached hydrogen (secondary N) is 2. The van der Waals surface area contributed by atoms with Crippen LogP contribution in [0.5, 0.6) is 5.75 Å². The second kappa shape index (κ2) is 12.7. The van der Waals surface area contributed by atoms with Crippen LogP contribution in [0.15, 0.2) is 36.5 Å². The third-order valence-corrected chi connectivity index (χ3v) is 8.31. The van der Waals surface area contributed by atoms with E-state index in [1.54, 1.807) is 25.3 Å². The van der Waals surface area contributed by atoms with E-state index in [0.29, 0.717) is 43.4 Å². The lowest BCUT2D eigenvalue weighted by molar-refractivity contribution is -0.125. The minimum atomic E-state index is -1.11. The molecule has 2 saturated heterocycles. The molecule has 2 aliphatic rings. The zero-order valence-electron chi connectivity index (χ0n) is 23.5. The maximum atomic E-state index is 14.9. The number of halogens is 2. The van der Waals surface area contributed by atoms with E-state index in [9.17, 15) is 23.5 Å². The topological polar surface area (TPSA) is 104 Å². The summed E-state index contributed by atoms with van der Waals surface area (Å²) in [6, 6.07) is 7.36. The minimum Gasteiger partial charge on any atom is -0.492 e. The van der Waals surface area contributed by atoms with Crippen molar-refractivity contribution in [2.24, 2.45) is 5.92 Å². The first-order valence-corrected chi connectivity index (χ1v) is 14.1. The van der Waals surface area contributed by atoms with Gasteiger partial charge in [0.1, 0.15) is 17.2 Å². The fraction of sp³-hybridized carbons (Fsp3) is 0.567. The number of likely N-dealkylation sites (tertiary alicyclic amines) is 1. The number of aliphatic hydroxyl groups is 1. The van der Waals surface area contributed by atoms with Gasteiger partial charge in [0.25, 0.3) is 5.91 Å². The van der Waals surface area contributed by atoms with Crippen LogP contribution in [0.3, 0.4) is 0 Å². The first kappa shape index (κ1) is 30.0. The predicted octanol–water partition coefficient (Wildman–Crippen LogP) is 3.88. The number of benzene rings is 1. The first-order valence-electron chi connectivity index (χ1n) is 14.1. The van der Waals surface area contributed by atoms with Gasteiger partial charge >= 0.3 is 0 Å². The molecule has 3 N–H and O–H groups in total. The van der Waals surface area contributed by atoms with Crippen molar-refractivity contribution in [2.45, 2.75) is 70.2 Å². The van der Waals surface area contributed by atoms with E-state index in [1.165, 1.54) is 12.1 Å². The number of alkyl halides is 1.